The predicted molar refractivity (Wildman–Crippen MR) is 127 cm³/mol. The maximum atomic E-state index is 12.6. The maximum Gasteiger partial charge on any atom is 0.291 e. The third-order valence-electron chi connectivity index (χ3n) is 5.24. The number of halogens is 2. The number of piperazine rings is 1. The van der Waals surface area contributed by atoms with E-state index in [9.17, 15) is 13.2 Å². The SMILES string of the molecule is CS(=O)(=O)N1CCN(c2ccc(NC(=O)c3ccc(-c4cccc(Cl)c4Cl)o3)cc2)CC1. The summed E-state index contributed by atoms with van der Waals surface area (Å²) in [5, 5.41) is 3.58. The molecule has 2 heterocycles. The first kappa shape index (κ1) is 22.7. The molecule has 0 spiro atoms. The highest BCUT2D eigenvalue weighted by Gasteiger charge is 2.23. The van der Waals surface area contributed by atoms with E-state index < -0.39 is 10.0 Å². The Balaban J connectivity index is 1.40. The Morgan fingerprint density at radius 3 is 2.31 bits per heavy atom. The molecule has 32 heavy (non-hydrogen) atoms. The van der Waals surface area contributed by atoms with Gasteiger partial charge < -0.3 is 14.6 Å². The topological polar surface area (TPSA) is 82.9 Å². The lowest BCUT2D eigenvalue weighted by Crippen LogP contribution is -2.48. The molecule has 0 saturated carbocycles. The molecule has 1 fully saturated rings. The van der Waals surface area contributed by atoms with Crippen molar-refractivity contribution in [3.8, 4) is 11.3 Å². The fraction of sp³-hybridized carbons (Fsp3) is 0.227. The highest BCUT2D eigenvalue weighted by atomic mass is 35.5. The molecule has 3 aromatic rings. The summed E-state index contributed by atoms with van der Waals surface area (Å²) in [6.45, 7) is 2.13. The highest BCUT2D eigenvalue weighted by molar-refractivity contribution is 7.88. The van der Waals surface area contributed by atoms with Crippen molar-refractivity contribution < 1.29 is 17.6 Å². The van der Waals surface area contributed by atoms with Crippen molar-refractivity contribution in [3.05, 3.63) is 70.4 Å². The lowest BCUT2D eigenvalue weighted by molar-refractivity contribution is 0.0997. The average molecular weight is 494 g/mol. The molecule has 0 bridgehead atoms. The number of rotatable bonds is 5. The van der Waals surface area contributed by atoms with E-state index in [1.165, 1.54) is 10.6 Å². The molecule has 1 aliphatic heterocycles. The van der Waals surface area contributed by atoms with Crippen LogP contribution in [0.5, 0.6) is 0 Å². The molecule has 0 aliphatic carbocycles. The summed E-state index contributed by atoms with van der Waals surface area (Å²) >= 11 is 12.3. The van der Waals surface area contributed by atoms with Gasteiger partial charge in [-0.05, 0) is 48.5 Å². The Kier molecular flexibility index (Phi) is 6.48. The van der Waals surface area contributed by atoms with E-state index in [1.807, 2.05) is 12.1 Å². The van der Waals surface area contributed by atoms with Crippen LogP contribution in [0.1, 0.15) is 10.6 Å². The van der Waals surface area contributed by atoms with Crippen LogP contribution in [0.2, 0.25) is 10.0 Å². The molecule has 0 atom stereocenters. The van der Waals surface area contributed by atoms with Crippen LogP contribution in [0.15, 0.2) is 59.0 Å². The molecule has 7 nitrogen and oxygen atoms in total. The van der Waals surface area contributed by atoms with Gasteiger partial charge in [0.1, 0.15) is 5.76 Å². The van der Waals surface area contributed by atoms with Gasteiger partial charge in [0, 0.05) is 43.1 Å². The molecule has 1 saturated heterocycles. The van der Waals surface area contributed by atoms with Gasteiger partial charge in [0.25, 0.3) is 5.91 Å². The van der Waals surface area contributed by atoms with E-state index in [-0.39, 0.29) is 11.7 Å². The van der Waals surface area contributed by atoms with Crippen molar-refractivity contribution in [3.63, 3.8) is 0 Å². The van der Waals surface area contributed by atoms with E-state index in [2.05, 4.69) is 10.2 Å². The number of nitrogens with one attached hydrogen (secondary N) is 1. The van der Waals surface area contributed by atoms with Gasteiger partial charge in [0.05, 0.1) is 16.3 Å². The summed E-state index contributed by atoms with van der Waals surface area (Å²) in [7, 11) is -3.16. The maximum absolute atomic E-state index is 12.6. The van der Waals surface area contributed by atoms with Crippen LogP contribution in [0.4, 0.5) is 11.4 Å². The Hall–Kier alpha value is -2.52. The van der Waals surface area contributed by atoms with Crippen LogP contribution in [0.25, 0.3) is 11.3 Å². The number of carbonyl (C=O) groups excluding carboxylic acids is 1. The number of anilines is 2. The predicted octanol–water partition coefficient (Wildman–Crippen LogP) is 4.59. The lowest BCUT2D eigenvalue weighted by atomic mass is 10.2. The van der Waals surface area contributed by atoms with Gasteiger partial charge >= 0.3 is 0 Å². The third-order valence-corrected chi connectivity index (χ3v) is 7.37. The molecule has 1 amide bonds. The van der Waals surface area contributed by atoms with Crippen molar-refractivity contribution >= 4 is 50.5 Å². The zero-order valence-electron chi connectivity index (χ0n) is 17.2. The second-order valence-electron chi connectivity index (χ2n) is 7.42. The van der Waals surface area contributed by atoms with Crippen LogP contribution >= 0.6 is 23.2 Å². The van der Waals surface area contributed by atoms with E-state index in [0.29, 0.717) is 53.2 Å². The van der Waals surface area contributed by atoms with Crippen molar-refractivity contribution in [1.82, 2.24) is 4.31 Å². The first-order valence-corrected chi connectivity index (χ1v) is 12.5. The minimum Gasteiger partial charge on any atom is -0.451 e. The Morgan fingerprint density at radius 1 is 0.969 bits per heavy atom. The van der Waals surface area contributed by atoms with Crippen LogP contribution in [0, 0.1) is 0 Å². The smallest absolute Gasteiger partial charge is 0.291 e. The minimum absolute atomic E-state index is 0.150. The monoisotopic (exact) mass is 493 g/mol. The standard InChI is InChI=1S/C22H21Cl2N3O4S/c1-32(29,30)27-13-11-26(12-14-27)16-7-5-15(6-8-16)25-22(28)20-10-9-19(31-20)17-3-2-4-18(23)21(17)24/h2-10H,11-14H2,1H3,(H,25,28). The number of hydrogen-bond donors (Lipinski definition) is 1. The number of sulfonamides is 1. The Morgan fingerprint density at radius 2 is 1.66 bits per heavy atom. The number of furan rings is 1. The van der Waals surface area contributed by atoms with Crippen molar-refractivity contribution in [1.29, 1.82) is 0 Å². The second kappa shape index (κ2) is 9.15. The number of hydrogen-bond acceptors (Lipinski definition) is 5. The first-order chi connectivity index (χ1) is 15.2. The molecule has 2 aromatic carbocycles. The highest BCUT2D eigenvalue weighted by Crippen LogP contribution is 2.34. The number of benzene rings is 2. The molecule has 4 rings (SSSR count). The van der Waals surface area contributed by atoms with Gasteiger partial charge in [0.2, 0.25) is 10.0 Å². The zero-order valence-corrected chi connectivity index (χ0v) is 19.5. The normalized spacial score (nSPS) is 15.0. The van der Waals surface area contributed by atoms with Gasteiger partial charge in [-0.1, -0.05) is 29.3 Å². The van der Waals surface area contributed by atoms with Gasteiger partial charge in [-0.2, -0.15) is 4.31 Å². The molecule has 10 heteroatoms. The molecule has 1 N–H and O–H groups in total. The van der Waals surface area contributed by atoms with Gasteiger partial charge in [-0.3, -0.25) is 4.79 Å². The third kappa shape index (κ3) is 4.94. The average Bonchev–Trinajstić information content (AvgIpc) is 3.26. The van der Waals surface area contributed by atoms with Crippen LogP contribution in [-0.4, -0.2) is 51.1 Å². The summed E-state index contributed by atoms with van der Waals surface area (Å²) in [5.41, 5.74) is 2.19. The van der Waals surface area contributed by atoms with E-state index in [0.717, 1.165) is 5.69 Å². The Bertz CT molecular complexity index is 1230. The summed E-state index contributed by atoms with van der Waals surface area (Å²) in [6.07, 6.45) is 1.23. The largest absolute Gasteiger partial charge is 0.451 e. The van der Waals surface area contributed by atoms with Crippen LogP contribution in [0.3, 0.4) is 0 Å². The van der Waals surface area contributed by atoms with Crippen LogP contribution in [-0.2, 0) is 10.0 Å². The summed E-state index contributed by atoms with van der Waals surface area (Å²) in [4.78, 5) is 14.7. The summed E-state index contributed by atoms with van der Waals surface area (Å²) in [6, 6.07) is 15.8. The minimum atomic E-state index is -3.16. The van der Waals surface area contributed by atoms with E-state index in [4.69, 9.17) is 27.6 Å². The van der Waals surface area contributed by atoms with Crippen molar-refractivity contribution in [2.24, 2.45) is 0 Å². The molecular formula is C22H21Cl2N3O4S. The number of nitrogens with zero attached hydrogens (tertiary/aromatic N) is 2. The molecule has 1 aromatic heterocycles. The van der Waals surface area contributed by atoms with Gasteiger partial charge in [-0.15, -0.1) is 0 Å². The molecule has 0 unspecified atom stereocenters. The lowest BCUT2D eigenvalue weighted by Gasteiger charge is -2.34. The molecule has 168 valence electrons. The fourth-order valence-corrected chi connectivity index (χ4v) is 4.75. The first-order valence-electron chi connectivity index (χ1n) is 9.88. The van der Waals surface area contributed by atoms with Crippen LogP contribution < -0.4 is 10.2 Å². The van der Waals surface area contributed by atoms with E-state index >= 15 is 0 Å². The quantitative estimate of drug-likeness (QED) is 0.561. The Labute approximate surface area is 196 Å². The molecular weight excluding hydrogens is 473 g/mol. The molecule has 1 aliphatic rings. The zero-order chi connectivity index (χ0) is 22.9. The van der Waals surface area contributed by atoms with Crippen molar-refractivity contribution in [2.75, 3.05) is 42.7 Å². The summed E-state index contributed by atoms with van der Waals surface area (Å²) in [5.74, 6) is 0.215. The number of carbonyl (C=O) groups is 1. The van der Waals surface area contributed by atoms with E-state index in [1.54, 1.807) is 42.5 Å². The molecule has 0 radical (unpaired) electrons. The fourth-order valence-electron chi connectivity index (χ4n) is 3.52. The van der Waals surface area contributed by atoms with Gasteiger partial charge in [0.15, 0.2) is 5.76 Å². The summed E-state index contributed by atoms with van der Waals surface area (Å²) < 4.78 is 30.5. The van der Waals surface area contributed by atoms with Crippen molar-refractivity contribution in [2.45, 2.75) is 0 Å². The van der Waals surface area contributed by atoms with Gasteiger partial charge in [-0.25, -0.2) is 8.42 Å². The second-order valence-corrected chi connectivity index (χ2v) is 10.2. The number of amides is 1.